The minimum Gasteiger partial charge on any atom is -0.364 e. The van der Waals surface area contributed by atoms with Gasteiger partial charge in [0.1, 0.15) is 5.58 Å². The third-order valence-corrected chi connectivity index (χ3v) is 2.78. The third kappa shape index (κ3) is 1.27. The van der Waals surface area contributed by atoms with Crippen molar-refractivity contribution >= 4 is 27.5 Å². The number of benzene rings is 1. The van der Waals surface area contributed by atoms with Gasteiger partial charge in [-0.15, -0.1) is 24.3 Å². The van der Waals surface area contributed by atoms with Gasteiger partial charge in [0.15, 0.2) is 0 Å². The topological polar surface area (TPSA) is 43.3 Å². The fourth-order valence-corrected chi connectivity index (χ4v) is 2.09. The molecule has 0 amide bonds. The van der Waals surface area contributed by atoms with Gasteiger partial charge in [-0.2, -0.15) is 0 Å². The fourth-order valence-electron chi connectivity index (χ4n) is 2.09. The van der Waals surface area contributed by atoms with Crippen LogP contribution in [-0.2, 0) is 20.1 Å². The summed E-state index contributed by atoms with van der Waals surface area (Å²) in [5.74, 6) is 0. The van der Waals surface area contributed by atoms with Crippen molar-refractivity contribution in [3.05, 3.63) is 42.9 Å². The zero-order chi connectivity index (χ0) is 10.5. The second kappa shape index (κ2) is 3.65. The van der Waals surface area contributed by atoms with Gasteiger partial charge < -0.3 is 8.92 Å². The Kier molecular flexibility index (Phi) is 2.24. The van der Waals surface area contributed by atoms with E-state index >= 15 is 0 Å². The van der Waals surface area contributed by atoms with Crippen LogP contribution in [0.2, 0.25) is 0 Å². The Labute approximate surface area is 110 Å². The van der Waals surface area contributed by atoms with Crippen LogP contribution in [-0.4, -0.2) is 14.5 Å². The largest absolute Gasteiger partial charge is 0.364 e. The van der Waals surface area contributed by atoms with Gasteiger partial charge in [0.05, 0.1) is 17.4 Å². The van der Waals surface area contributed by atoms with Crippen LogP contribution < -0.4 is 0 Å². The van der Waals surface area contributed by atoms with Gasteiger partial charge in [-0.1, -0.05) is 15.9 Å². The van der Waals surface area contributed by atoms with E-state index < -0.39 is 0 Å². The maximum Gasteiger partial charge on any atom is 0.149 e. The molecule has 4 rings (SSSR count). The normalized spacial score (nSPS) is 11.1. The third-order valence-electron chi connectivity index (χ3n) is 2.78. The van der Waals surface area contributed by atoms with Gasteiger partial charge in [0.25, 0.3) is 0 Å². The van der Waals surface area contributed by atoms with Crippen LogP contribution in [0.1, 0.15) is 0 Å². The van der Waals surface area contributed by atoms with Crippen LogP contribution in [0.5, 0.6) is 0 Å². The van der Waals surface area contributed by atoms with Crippen molar-refractivity contribution in [3.63, 3.8) is 0 Å². The molecule has 5 heteroatoms. The van der Waals surface area contributed by atoms with Crippen LogP contribution in [0, 0.1) is 6.07 Å². The quantitative estimate of drug-likeness (QED) is 0.426. The molecule has 0 aliphatic heterocycles. The minimum absolute atomic E-state index is 0. The molecule has 1 aromatic carbocycles. The summed E-state index contributed by atoms with van der Waals surface area (Å²) >= 11 is 0. The minimum atomic E-state index is 0. The second-order valence-electron chi connectivity index (χ2n) is 3.62. The molecular formula is C12H6IrN3O-. The van der Waals surface area contributed by atoms with Crippen molar-refractivity contribution in [2.24, 2.45) is 0 Å². The van der Waals surface area contributed by atoms with Gasteiger partial charge in [0, 0.05) is 32.5 Å². The molecule has 0 fully saturated rings. The molecule has 4 aromatic rings. The van der Waals surface area contributed by atoms with Crippen LogP contribution in [0.3, 0.4) is 0 Å². The Morgan fingerprint density at radius 3 is 3.24 bits per heavy atom. The Morgan fingerprint density at radius 2 is 2.29 bits per heavy atom. The molecule has 1 radical (unpaired) electrons. The van der Waals surface area contributed by atoms with E-state index in [2.05, 4.69) is 16.2 Å². The predicted octanol–water partition coefficient (Wildman–Crippen LogP) is 2.43. The number of nitrogens with zero attached hydrogens (tertiary/aromatic N) is 3. The Morgan fingerprint density at radius 1 is 1.35 bits per heavy atom. The SMILES string of the molecule is [Ir].[c-]1cccc2c1c1nccn1c1cnoc21. The van der Waals surface area contributed by atoms with Crippen molar-refractivity contribution < 1.29 is 24.6 Å². The molecule has 17 heavy (non-hydrogen) atoms. The first-order chi connectivity index (χ1) is 7.95. The average molecular weight is 400 g/mol. The number of hydrogen-bond acceptors (Lipinski definition) is 3. The number of imidazole rings is 1. The van der Waals surface area contributed by atoms with Gasteiger partial charge in [-0.25, -0.2) is 0 Å². The van der Waals surface area contributed by atoms with E-state index in [4.69, 9.17) is 4.52 Å². The van der Waals surface area contributed by atoms with Gasteiger partial charge in [-0.05, 0) is 0 Å². The number of rotatable bonds is 0. The fraction of sp³-hybridized carbons (Fsp3) is 0. The summed E-state index contributed by atoms with van der Waals surface area (Å²) in [6, 6.07) is 8.99. The van der Waals surface area contributed by atoms with E-state index in [1.807, 2.05) is 28.8 Å². The van der Waals surface area contributed by atoms with Crippen LogP contribution in [0.15, 0.2) is 41.3 Å². The molecule has 85 valence electrons. The molecule has 0 aliphatic rings. The van der Waals surface area contributed by atoms with E-state index in [9.17, 15) is 0 Å². The van der Waals surface area contributed by atoms with Crippen molar-refractivity contribution in [1.82, 2.24) is 14.5 Å². The Balaban J connectivity index is 0.000000902. The van der Waals surface area contributed by atoms with E-state index in [-0.39, 0.29) is 20.1 Å². The van der Waals surface area contributed by atoms with Crippen molar-refractivity contribution in [2.45, 2.75) is 0 Å². The number of pyridine rings is 1. The second-order valence-corrected chi connectivity index (χ2v) is 3.62. The smallest absolute Gasteiger partial charge is 0.149 e. The first-order valence-corrected chi connectivity index (χ1v) is 4.95. The predicted molar refractivity (Wildman–Crippen MR) is 59.1 cm³/mol. The molecule has 0 saturated carbocycles. The van der Waals surface area contributed by atoms with Crippen LogP contribution in [0.25, 0.3) is 27.5 Å². The van der Waals surface area contributed by atoms with E-state index in [0.29, 0.717) is 0 Å². The van der Waals surface area contributed by atoms with Gasteiger partial charge >= 0.3 is 0 Å². The van der Waals surface area contributed by atoms with Crippen molar-refractivity contribution in [2.75, 3.05) is 0 Å². The first-order valence-electron chi connectivity index (χ1n) is 4.95. The Bertz CT molecular complexity index is 749. The van der Waals surface area contributed by atoms with E-state index in [1.165, 1.54) is 0 Å². The molecule has 0 bridgehead atoms. The monoisotopic (exact) mass is 401 g/mol. The van der Waals surface area contributed by atoms with Crippen LogP contribution >= 0.6 is 0 Å². The zero-order valence-corrected chi connectivity index (χ0v) is 10.9. The molecule has 0 unspecified atom stereocenters. The van der Waals surface area contributed by atoms with Gasteiger partial charge in [-0.3, -0.25) is 4.98 Å². The molecule has 0 saturated heterocycles. The average Bonchev–Trinajstić information content (AvgIpc) is 2.98. The summed E-state index contributed by atoms with van der Waals surface area (Å²) in [5.41, 5.74) is 2.59. The summed E-state index contributed by atoms with van der Waals surface area (Å²) in [5, 5.41) is 5.79. The molecule has 3 heterocycles. The summed E-state index contributed by atoms with van der Waals surface area (Å²) in [6.45, 7) is 0. The van der Waals surface area contributed by atoms with Crippen LogP contribution in [0.4, 0.5) is 0 Å². The number of fused-ring (bicyclic) bond motifs is 6. The van der Waals surface area contributed by atoms with Gasteiger partial charge in [0.2, 0.25) is 0 Å². The molecule has 0 N–H and O–H groups in total. The van der Waals surface area contributed by atoms with Crippen molar-refractivity contribution in [3.8, 4) is 0 Å². The summed E-state index contributed by atoms with van der Waals surface area (Å²) in [7, 11) is 0. The first kappa shape index (κ1) is 10.4. The summed E-state index contributed by atoms with van der Waals surface area (Å²) < 4.78 is 7.25. The molecule has 4 nitrogen and oxygen atoms in total. The van der Waals surface area contributed by atoms with E-state index in [1.54, 1.807) is 12.4 Å². The standard InChI is InChI=1S/C12H6N3O.Ir/c1-2-4-9-8(3-1)11-10(7-14-16-11)15-6-5-13-12(9)15;/h1-3,5-7H;/q-1;. The maximum absolute atomic E-state index is 5.29. The molecule has 0 atom stereocenters. The number of aromatic nitrogens is 3. The molecular weight excluding hydrogens is 394 g/mol. The van der Waals surface area contributed by atoms with Crippen molar-refractivity contribution in [1.29, 1.82) is 0 Å². The maximum atomic E-state index is 5.29. The molecule has 0 spiro atoms. The van der Waals surface area contributed by atoms with E-state index in [0.717, 1.165) is 27.5 Å². The Hall–Kier alpha value is -1.71. The number of hydrogen-bond donors (Lipinski definition) is 0. The molecule has 3 aromatic heterocycles. The summed E-state index contributed by atoms with van der Waals surface area (Å²) in [6.07, 6.45) is 5.37. The molecule has 0 aliphatic carbocycles. The summed E-state index contributed by atoms with van der Waals surface area (Å²) in [4.78, 5) is 4.34. The zero-order valence-electron chi connectivity index (χ0n) is 8.55.